The minimum atomic E-state index is -0.518. The molecule has 0 saturated carbocycles. The maximum absolute atomic E-state index is 11.2. The predicted molar refractivity (Wildman–Crippen MR) is 48.8 cm³/mol. The lowest BCUT2D eigenvalue weighted by Gasteiger charge is -2.09. The molecule has 60 valence electrons. The fourth-order valence-corrected chi connectivity index (χ4v) is 4.59. The Labute approximate surface area is 69.4 Å². The predicted octanol–water partition coefficient (Wildman–Crippen LogP) is 2.00. The van der Waals surface area contributed by atoms with Gasteiger partial charge in [-0.2, -0.15) is 0 Å². The van der Waals surface area contributed by atoms with Crippen LogP contribution in [0.2, 0.25) is 0 Å². The standard InChI is InChI=1S/C7H14OS2/c1-6(2)9-7-4-3-5-10(7)8/h6-7H,3-5H2,1-2H3/t7-,10?/m1/s1. The summed E-state index contributed by atoms with van der Waals surface area (Å²) in [6.07, 6.45) is 2.33. The number of rotatable bonds is 2. The monoisotopic (exact) mass is 178 g/mol. The van der Waals surface area contributed by atoms with E-state index in [0.29, 0.717) is 9.83 Å². The zero-order chi connectivity index (χ0) is 7.56. The van der Waals surface area contributed by atoms with E-state index in [9.17, 15) is 4.21 Å². The average molecular weight is 178 g/mol. The van der Waals surface area contributed by atoms with Crippen LogP contribution in [-0.4, -0.2) is 19.8 Å². The van der Waals surface area contributed by atoms with Crippen molar-refractivity contribution in [1.82, 2.24) is 0 Å². The van der Waals surface area contributed by atoms with E-state index in [2.05, 4.69) is 13.8 Å². The quantitative estimate of drug-likeness (QED) is 0.643. The molecule has 1 nitrogen and oxygen atoms in total. The van der Waals surface area contributed by atoms with Gasteiger partial charge in [0.25, 0.3) is 0 Å². The highest BCUT2D eigenvalue weighted by Crippen LogP contribution is 2.29. The number of hydrogen-bond donors (Lipinski definition) is 0. The molecule has 2 atom stereocenters. The van der Waals surface area contributed by atoms with E-state index in [1.54, 1.807) is 0 Å². The van der Waals surface area contributed by atoms with Gasteiger partial charge in [-0.05, 0) is 12.8 Å². The van der Waals surface area contributed by atoms with Crippen molar-refractivity contribution >= 4 is 22.6 Å². The van der Waals surface area contributed by atoms with Crippen molar-refractivity contribution in [2.45, 2.75) is 36.5 Å². The van der Waals surface area contributed by atoms with Gasteiger partial charge >= 0.3 is 0 Å². The van der Waals surface area contributed by atoms with Gasteiger partial charge in [0, 0.05) is 21.8 Å². The maximum atomic E-state index is 11.2. The molecule has 1 heterocycles. The zero-order valence-electron chi connectivity index (χ0n) is 6.50. The summed E-state index contributed by atoms with van der Waals surface area (Å²) in [5.41, 5.74) is 0. The van der Waals surface area contributed by atoms with Crippen LogP contribution in [0.4, 0.5) is 0 Å². The Balaban J connectivity index is 2.33. The van der Waals surface area contributed by atoms with Gasteiger partial charge in [-0.25, -0.2) is 0 Å². The SMILES string of the molecule is CC(C)S[C@H]1CCCS1=O. The van der Waals surface area contributed by atoms with E-state index in [-0.39, 0.29) is 0 Å². The Morgan fingerprint density at radius 3 is 2.70 bits per heavy atom. The average Bonchev–Trinajstić information content (AvgIpc) is 2.15. The van der Waals surface area contributed by atoms with Crippen LogP contribution in [-0.2, 0) is 10.8 Å². The lowest BCUT2D eigenvalue weighted by Crippen LogP contribution is -2.06. The molecule has 0 bridgehead atoms. The fraction of sp³-hybridized carbons (Fsp3) is 1.00. The van der Waals surface area contributed by atoms with E-state index in [4.69, 9.17) is 0 Å². The van der Waals surface area contributed by atoms with Crippen molar-refractivity contribution in [3.05, 3.63) is 0 Å². The molecule has 0 aromatic carbocycles. The van der Waals surface area contributed by atoms with Gasteiger partial charge < -0.3 is 0 Å². The zero-order valence-corrected chi connectivity index (χ0v) is 8.13. The normalized spacial score (nSPS) is 33.5. The molecule has 0 aromatic heterocycles. The molecule has 1 aliphatic rings. The minimum absolute atomic E-state index is 0.444. The van der Waals surface area contributed by atoms with Gasteiger partial charge in [-0.3, -0.25) is 4.21 Å². The second kappa shape index (κ2) is 3.77. The smallest absolute Gasteiger partial charge is 0.0804 e. The van der Waals surface area contributed by atoms with E-state index < -0.39 is 10.8 Å². The van der Waals surface area contributed by atoms with Crippen LogP contribution in [0.1, 0.15) is 26.7 Å². The molecule has 1 saturated heterocycles. The second-order valence-corrected chi connectivity index (χ2v) is 6.66. The molecular formula is C7H14OS2. The third-order valence-electron chi connectivity index (χ3n) is 1.50. The topological polar surface area (TPSA) is 17.1 Å². The Bertz CT molecular complexity index is 134. The summed E-state index contributed by atoms with van der Waals surface area (Å²) in [6, 6.07) is 0. The molecule has 0 aliphatic carbocycles. The van der Waals surface area contributed by atoms with Gasteiger partial charge in [0.05, 0.1) is 4.58 Å². The third-order valence-corrected chi connectivity index (χ3v) is 5.08. The molecule has 1 fully saturated rings. The van der Waals surface area contributed by atoms with Crippen molar-refractivity contribution in [2.24, 2.45) is 0 Å². The Hall–Kier alpha value is 0.500. The Kier molecular flexibility index (Phi) is 3.24. The van der Waals surface area contributed by atoms with Crippen LogP contribution in [0.25, 0.3) is 0 Å². The van der Waals surface area contributed by atoms with Gasteiger partial charge in [0.2, 0.25) is 0 Å². The van der Waals surface area contributed by atoms with Gasteiger partial charge in [0.1, 0.15) is 0 Å². The van der Waals surface area contributed by atoms with Gasteiger partial charge in [-0.1, -0.05) is 13.8 Å². The second-order valence-electron chi connectivity index (χ2n) is 2.84. The van der Waals surface area contributed by atoms with E-state index in [1.807, 2.05) is 11.8 Å². The fourth-order valence-electron chi connectivity index (χ4n) is 1.09. The molecular weight excluding hydrogens is 164 g/mol. The van der Waals surface area contributed by atoms with Crippen LogP contribution in [0.3, 0.4) is 0 Å². The summed E-state index contributed by atoms with van der Waals surface area (Å²) in [6.45, 7) is 4.33. The maximum Gasteiger partial charge on any atom is 0.0804 e. The lowest BCUT2D eigenvalue weighted by molar-refractivity contribution is 0.686. The Morgan fingerprint density at radius 1 is 1.60 bits per heavy atom. The van der Waals surface area contributed by atoms with Gasteiger partial charge in [-0.15, -0.1) is 11.8 Å². The largest absolute Gasteiger partial charge is 0.258 e. The molecule has 1 unspecified atom stereocenters. The first-order chi connectivity index (χ1) is 4.70. The summed E-state index contributed by atoms with van der Waals surface area (Å²) in [5.74, 6) is 0.935. The van der Waals surface area contributed by atoms with Crippen LogP contribution < -0.4 is 0 Å². The molecule has 0 aromatic rings. The first kappa shape index (κ1) is 8.60. The van der Waals surface area contributed by atoms with Crippen LogP contribution >= 0.6 is 11.8 Å². The van der Waals surface area contributed by atoms with Crippen molar-refractivity contribution in [1.29, 1.82) is 0 Å². The highest BCUT2D eigenvalue weighted by molar-refractivity contribution is 8.11. The first-order valence-electron chi connectivity index (χ1n) is 3.73. The van der Waals surface area contributed by atoms with Crippen LogP contribution in [0.15, 0.2) is 0 Å². The van der Waals surface area contributed by atoms with Crippen molar-refractivity contribution in [2.75, 3.05) is 5.75 Å². The lowest BCUT2D eigenvalue weighted by atomic mass is 10.4. The molecule has 3 heteroatoms. The molecule has 0 N–H and O–H groups in total. The number of thioether (sulfide) groups is 1. The van der Waals surface area contributed by atoms with E-state index >= 15 is 0 Å². The van der Waals surface area contributed by atoms with Crippen molar-refractivity contribution in [3.8, 4) is 0 Å². The van der Waals surface area contributed by atoms with Crippen molar-refractivity contribution in [3.63, 3.8) is 0 Å². The summed E-state index contributed by atoms with van der Waals surface area (Å²) >= 11 is 1.87. The molecule has 0 spiro atoms. The van der Waals surface area contributed by atoms with E-state index in [1.165, 1.54) is 0 Å². The first-order valence-corrected chi connectivity index (χ1v) is 6.05. The minimum Gasteiger partial charge on any atom is -0.258 e. The summed E-state index contributed by atoms with van der Waals surface area (Å²) in [7, 11) is -0.518. The highest BCUT2D eigenvalue weighted by atomic mass is 32.2. The summed E-state index contributed by atoms with van der Waals surface area (Å²) < 4.78 is 11.6. The van der Waals surface area contributed by atoms with Gasteiger partial charge in [0.15, 0.2) is 0 Å². The van der Waals surface area contributed by atoms with Crippen molar-refractivity contribution < 1.29 is 4.21 Å². The third kappa shape index (κ3) is 2.27. The van der Waals surface area contributed by atoms with Crippen LogP contribution in [0, 0.1) is 0 Å². The molecule has 0 radical (unpaired) electrons. The summed E-state index contributed by atoms with van der Waals surface area (Å²) in [4.78, 5) is 0. The molecule has 0 amide bonds. The molecule has 1 aliphatic heterocycles. The summed E-state index contributed by atoms with van der Waals surface area (Å²) in [5, 5.41) is 0.632. The number of hydrogen-bond acceptors (Lipinski definition) is 2. The molecule has 10 heavy (non-hydrogen) atoms. The molecule has 1 rings (SSSR count). The highest BCUT2D eigenvalue weighted by Gasteiger charge is 2.23. The van der Waals surface area contributed by atoms with E-state index in [0.717, 1.165) is 18.6 Å². The Morgan fingerprint density at radius 2 is 2.30 bits per heavy atom. The van der Waals surface area contributed by atoms with Crippen LogP contribution in [0.5, 0.6) is 0 Å².